The standard InChI is InChI=1S/C18H25NO4/c1-22-15-10-6-7-13(11-15)12-16(18(21)23-2)19-17(20)14-8-4-3-5-9-14/h6-7,10-11,14,16H,3-5,8-9,12H2,1-2H3,(H,19,20)/t16-/m1/s1. The van der Waals surface area contributed by atoms with Gasteiger partial charge in [0.2, 0.25) is 5.91 Å². The van der Waals surface area contributed by atoms with Crippen LogP contribution in [-0.4, -0.2) is 32.1 Å². The van der Waals surface area contributed by atoms with Crippen LogP contribution in [0.25, 0.3) is 0 Å². The largest absolute Gasteiger partial charge is 0.497 e. The van der Waals surface area contributed by atoms with Crippen LogP contribution >= 0.6 is 0 Å². The number of rotatable bonds is 6. The van der Waals surface area contributed by atoms with E-state index >= 15 is 0 Å². The lowest BCUT2D eigenvalue weighted by Gasteiger charge is -2.24. The molecule has 0 bridgehead atoms. The van der Waals surface area contributed by atoms with Gasteiger partial charge in [-0.3, -0.25) is 4.79 Å². The summed E-state index contributed by atoms with van der Waals surface area (Å²) in [6.07, 6.45) is 5.54. The van der Waals surface area contributed by atoms with Crippen molar-refractivity contribution >= 4 is 11.9 Å². The topological polar surface area (TPSA) is 64.6 Å². The summed E-state index contributed by atoms with van der Waals surface area (Å²) in [5.41, 5.74) is 0.920. The average Bonchev–Trinajstić information content (AvgIpc) is 2.61. The van der Waals surface area contributed by atoms with E-state index in [4.69, 9.17) is 9.47 Å². The van der Waals surface area contributed by atoms with Crippen molar-refractivity contribution in [2.45, 2.75) is 44.6 Å². The Morgan fingerprint density at radius 3 is 2.61 bits per heavy atom. The first kappa shape index (κ1) is 17.3. The molecule has 0 aliphatic heterocycles. The Bertz CT molecular complexity index is 538. The highest BCUT2D eigenvalue weighted by Gasteiger charge is 2.27. The predicted octanol–water partition coefficient (Wildman–Crippen LogP) is 2.48. The van der Waals surface area contributed by atoms with Gasteiger partial charge in [-0.25, -0.2) is 4.79 Å². The summed E-state index contributed by atoms with van der Waals surface area (Å²) in [6.45, 7) is 0. The summed E-state index contributed by atoms with van der Waals surface area (Å²) >= 11 is 0. The van der Waals surface area contributed by atoms with Crippen molar-refractivity contribution in [1.82, 2.24) is 5.32 Å². The van der Waals surface area contributed by atoms with Gasteiger partial charge < -0.3 is 14.8 Å². The van der Waals surface area contributed by atoms with Gasteiger partial charge >= 0.3 is 5.97 Å². The molecule has 0 saturated heterocycles. The summed E-state index contributed by atoms with van der Waals surface area (Å²) in [7, 11) is 2.94. The zero-order chi connectivity index (χ0) is 16.7. The molecule has 0 spiro atoms. The van der Waals surface area contributed by atoms with Crippen LogP contribution in [0, 0.1) is 5.92 Å². The highest BCUT2D eigenvalue weighted by Crippen LogP contribution is 2.24. The molecule has 1 aromatic rings. The van der Waals surface area contributed by atoms with Crippen LogP contribution in [0.2, 0.25) is 0 Å². The first-order valence-electron chi connectivity index (χ1n) is 8.15. The van der Waals surface area contributed by atoms with E-state index in [1.165, 1.54) is 13.5 Å². The minimum Gasteiger partial charge on any atom is -0.497 e. The summed E-state index contributed by atoms with van der Waals surface area (Å²) in [5, 5.41) is 2.87. The second-order valence-corrected chi connectivity index (χ2v) is 5.97. The van der Waals surface area contributed by atoms with Crippen LogP contribution < -0.4 is 10.1 Å². The van der Waals surface area contributed by atoms with Gasteiger partial charge in [-0.05, 0) is 30.5 Å². The van der Waals surface area contributed by atoms with E-state index in [2.05, 4.69) is 5.32 Å². The Morgan fingerprint density at radius 1 is 1.22 bits per heavy atom. The molecule has 1 atom stereocenters. The van der Waals surface area contributed by atoms with Crippen LogP contribution in [0.3, 0.4) is 0 Å². The van der Waals surface area contributed by atoms with Crippen molar-refractivity contribution in [3.63, 3.8) is 0 Å². The molecular weight excluding hydrogens is 294 g/mol. The highest BCUT2D eigenvalue weighted by molar-refractivity contribution is 5.86. The molecule has 23 heavy (non-hydrogen) atoms. The van der Waals surface area contributed by atoms with E-state index in [0.717, 1.165) is 37.0 Å². The van der Waals surface area contributed by atoms with Crippen molar-refractivity contribution in [1.29, 1.82) is 0 Å². The lowest BCUT2D eigenvalue weighted by Crippen LogP contribution is -2.45. The number of methoxy groups -OCH3 is 2. The summed E-state index contributed by atoms with van der Waals surface area (Å²) in [6, 6.07) is 6.82. The number of esters is 1. The van der Waals surface area contributed by atoms with Gasteiger partial charge in [0.15, 0.2) is 0 Å². The molecule has 1 aliphatic rings. The van der Waals surface area contributed by atoms with Crippen molar-refractivity contribution in [3.8, 4) is 5.75 Å². The fourth-order valence-corrected chi connectivity index (χ4v) is 3.03. The summed E-state index contributed by atoms with van der Waals surface area (Å²) in [4.78, 5) is 24.4. The van der Waals surface area contributed by atoms with Crippen molar-refractivity contribution in [3.05, 3.63) is 29.8 Å². The van der Waals surface area contributed by atoms with E-state index in [1.807, 2.05) is 24.3 Å². The fourth-order valence-electron chi connectivity index (χ4n) is 3.03. The van der Waals surface area contributed by atoms with Gasteiger partial charge in [0.25, 0.3) is 0 Å². The zero-order valence-corrected chi connectivity index (χ0v) is 13.8. The average molecular weight is 319 g/mol. The molecule has 1 aromatic carbocycles. The van der Waals surface area contributed by atoms with Crippen LogP contribution in [0.4, 0.5) is 0 Å². The van der Waals surface area contributed by atoms with Gasteiger partial charge in [0, 0.05) is 12.3 Å². The minimum atomic E-state index is -0.665. The molecule has 1 fully saturated rings. The van der Waals surface area contributed by atoms with E-state index < -0.39 is 12.0 Å². The van der Waals surface area contributed by atoms with Crippen LogP contribution in [0.1, 0.15) is 37.7 Å². The molecule has 0 unspecified atom stereocenters. The second kappa shape index (κ2) is 8.56. The Morgan fingerprint density at radius 2 is 1.96 bits per heavy atom. The maximum atomic E-state index is 12.4. The quantitative estimate of drug-likeness (QED) is 0.818. The van der Waals surface area contributed by atoms with Gasteiger partial charge in [-0.1, -0.05) is 31.4 Å². The molecule has 5 heteroatoms. The Hall–Kier alpha value is -2.04. The highest BCUT2D eigenvalue weighted by atomic mass is 16.5. The molecule has 1 N–H and O–H groups in total. The number of amides is 1. The number of carbonyl (C=O) groups is 2. The maximum absolute atomic E-state index is 12.4. The number of ether oxygens (including phenoxy) is 2. The van der Waals surface area contributed by atoms with Crippen molar-refractivity contribution < 1.29 is 19.1 Å². The Labute approximate surface area is 137 Å². The van der Waals surface area contributed by atoms with E-state index in [0.29, 0.717) is 6.42 Å². The van der Waals surface area contributed by atoms with Crippen LogP contribution in [0.15, 0.2) is 24.3 Å². The minimum absolute atomic E-state index is 0.0150. The number of carbonyl (C=O) groups excluding carboxylic acids is 2. The third-order valence-electron chi connectivity index (χ3n) is 4.35. The third kappa shape index (κ3) is 4.98. The Kier molecular flexibility index (Phi) is 6.44. The molecule has 5 nitrogen and oxygen atoms in total. The zero-order valence-electron chi connectivity index (χ0n) is 13.8. The second-order valence-electron chi connectivity index (χ2n) is 5.97. The maximum Gasteiger partial charge on any atom is 0.328 e. The molecule has 2 rings (SSSR count). The fraction of sp³-hybridized carbons (Fsp3) is 0.556. The predicted molar refractivity (Wildman–Crippen MR) is 87.2 cm³/mol. The summed E-state index contributed by atoms with van der Waals surface area (Å²) < 4.78 is 10.0. The third-order valence-corrected chi connectivity index (χ3v) is 4.35. The lowest BCUT2D eigenvalue weighted by atomic mass is 9.88. The molecule has 1 saturated carbocycles. The molecule has 0 aromatic heterocycles. The van der Waals surface area contributed by atoms with Gasteiger partial charge in [-0.2, -0.15) is 0 Å². The monoisotopic (exact) mass is 319 g/mol. The van der Waals surface area contributed by atoms with Crippen LogP contribution in [-0.2, 0) is 20.7 Å². The van der Waals surface area contributed by atoms with Gasteiger partial charge in [0.05, 0.1) is 14.2 Å². The van der Waals surface area contributed by atoms with Crippen LogP contribution in [0.5, 0.6) is 5.75 Å². The molecule has 0 heterocycles. The van der Waals surface area contributed by atoms with Crippen molar-refractivity contribution in [2.75, 3.05) is 14.2 Å². The molecule has 0 radical (unpaired) electrons. The van der Waals surface area contributed by atoms with Crippen molar-refractivity contribution in [2.24, 2.45) is 5.92 Å². The number of nitrogens with one attached hydrogen (secondary N) is 1. The normalized spacial score (nSPS) is 16.4. The molecule has 1 aliphatic carbocycles. The first-order valence-corrected chi connectivity index (χ1v) is 8.15. The molecule has 126 valence electrons. The van der Waals surface area contributed by atoms with E-state index in [1.54, 1.807) is 7.11 Å². The molecular formula is C18H25NO4. The summed E-state index contributed by atoms with van der Waals surface area (Å²) in [5.74, 6) is 0.283. The smallest absolute Gasteiger partial charge is 0.328 e. The SMILES string of the molecule is COC(=O)[C@@H](Cc1cccc(OC)c1)NC(=O)C1CCCCC1. The number of hydrogen-bond donors (Lipinski definition) is 1. The number of hydrogen-bond acceptors (Lipinski definition) is 4. The van der Waals surface area contributed by atoms with Gasteiger partial charge in [0.1, 0.15) is 11.8 Å². The first-order chi connectivity index (χ1) is 11.1. The lowest BCUT2D eigenvalue weighted by molar-refractivity contribution is -0.145. The number of benzene rings is 1. The Balaban J connectivity index is 2.04. The van der Waals surface area contributed by atoms with E-state index in [9.17, 15) is 9.59 Å². The van der Waals surface area contributed by atoms with E-state index in [-0.39, 0.29) is 11.8 Å². The van der Waals surface area contributed by atoms with Gasteiger partial charge in [-0.15, -0.1) is 0 Å². The molecule has 1 amide bonds.